The average Bonchev–Trinajstić information content (AvgIpc) is 3.37. The first kappa shape index (κ1) is 20.8. The predicted octanol–water partition coefficient (Wildman–Crippen LogP) is 2.79. The largest absolute Gasteiger partial charge is 0.370 e. The Balaban J connectivity index is 1.29. The lowest BCUT2D eigenvalue weighted by molar-refractivity contribution is -0.0990. The number of carbonyl (C=O) groups excluding carboxylic acids is 2. The third-order valence-corrected chi connectivity index (χ3v) is 6.69. The molecule has 0 radical (unpaired) electrons. The van der Waals surface area contributed by atoms with Crippen molar-refractivity contribution < 1.29 is 14.3 Å². The Labute approximate surface area is 186 Å². The Bertz CT molecular complexity index is 1180. The maximum atomic E-state index is 13.1. The molecule has 1 spiro atoms. The van der Waals surface area contributed by atoms with Gasteiger partial charge in [0.25, 0.3) is 11.8 Å². The standard InChI is InChI=1S/C24H29N5O3/c1-15(2)26-22(30)21-18-14-32-24(13-20(18)28(3)27-21)7-10-29(11-8-24)23(31)17-5-4-16-6-9-25-19(16)12-17/h4-6,9,12,15,25H,7-8,10-11,13-14H2,1-3H3,(H,26,30). The minimum Gasteiger partial charge on any atom is -0.370 e. The first-order chi connectivity index (χ1) is 15.3. The molecule has 0 atom stereocenters. The lowest BCUT2D eigenvalue weighted by atomic mass is 9.83. The minimum absolute atomic E-state index is 0.0515. The van der Waals surface area contributed by atoms with Crippen molar-refractivity contribution in [3.05, 3.63) is 53.0 Å². The Kier molecular flexibility index (Phi) is 5.04. The number of rotatable bonds is 3. The number of amides is 2. The SMILES string of the molecule is CC(C)NC(=O)c1nn(C)c2c1COC1(CCN(C(=O)c3ccc4cc[nH]c4c3)CC1)C2. The molecular formula is C24H29N5O3. The third-order valence-electron chi connectivity index (χ3n) is 6.69. The molecule has 1 aromatic carbocycles. The van der Waals surface area contributed by atoms with E-state index in [4.69, 9.17) is 4.74 Å². The Morgan fingerprint density at radius 3 is 2.75 bits per heavy atom. The number of fused-ring (bicyclic) bond motifs is 2. The van der Waals surface area contributed by atoms with Gasteiger partial charge in [-0.2, -0.15) is 5.10 Å². The fourth-order valence-electron chi connectivity index (χ4n) is 4.87. The van der Waals surface area contributed by atoms with E-state index in [0.29, 0.717) is 37.4 Å². The van der Waals surface area contributed by atoms with Crippen LogP contribution < -0.4 is 5.32 Å². The number of benzene rings is 1. The van der Waals surface area contributed by atoms with Crippen molar-refractivity contribution in [2.75, 3.05) is 13.1 Å². The van der Waals surface area contributed by atoms with Crippen LogP contribution in [-0.4, -0.2) is 56.2 Å². The minimum atomic E-state index is -0.313. The summed E-state index contributed by atoms with van der Waals surface area (Å²) in [6.07, 6.45) is 4.12. The van der Waals surface area contributed by atoms with Gasteiger partial charge in [-0.05, 0) is 50.3 Å². The topological polar surface area (TPSA) is 92.2 Å². The maximum absolute atomic E-state index is 13.1. The van der Waals surface area contributed by atoms with Crippen molar-refractivity contribution in [1.29, 1.82) is 0 Å². The van der Waals surface area contributed by atoms with E-state index in [1.807, 2.05) is 60.9 Å². The number of H-pyrrole nitrogens is 1. The highest BCUT2D eigenvalue weighted by Crippen LogP contribution is 2.37. The molecule has 2 amide bonds. The summed E-state index contributed by atoms with van der Waals surface area (Å²) in [6.45, 7) is 5.54. The van der Waals surface area contributed by atoms with E-state index in [9.17, 15) is 9.59 Å². The highest BCUT2D eigenvalue weighted by atomic mass is 16.5. The Morgan fingerprint density at radius 2 is 2.00 bits per heavy atom. The Morgan fingerprint density at radius 1 is 1.22 bits per heavy atom. The van der Waals surface area contributed by atoms with Crippen LogP contribution in [0.5, 0.6) is 0 Å². The van der Waals surface area contributed by atoms with E-state index < -0.39 is 0 Å². The van der Waals surface area contributed by atoms with Gasteiger partial charge in [0.1, 0.15) is 0 Å². The van der Waals surface area contributed by atoms with E-state index in [2.05, 4.69) is 15.4 Å². The molecule has 8 heteroatoms. The fraction of sp³-hybridized carbons (Fsp3) is 0.458. The zero-order valence-electron chi connectivity index (χ0n) is 18.8. The molecule has 5 rings (SSSR count). The van der Waals surface area contributed by atoms with Gasteiger partial charge in [0.05, 0.1) is 12.2 Å². The van der Waals surface area contributed by atoms with Crippen LogP contribution in [0.25, 0.3) is 10.9 Å². The summed E-state index contributed by atoms with van der Waals surface area (Å²) in [5.41, 5.74) is 3.76. The maximum Gasteiger partial charge on any atom is 0.272 e. The third kappa shape index (κ3) is 3.58. The number of aryl methyl sites for hydroxylation is 1. The molecule has 0 saturated carbocycles. The molecule has 0 aliphatic carbocycles. The number of nitrogens with one attached hydrogen (secondary N) is 2. The zero-order chi connectivity index (χ0) is 22.5. The van der Waals surface area contributed by atoms with Crippen molar-refractivity contribution in [1.82, 2.24) is 25.0 Å². The Hall–Kier alpha value is -3.13. The summed E-state index contributed by atoms with van der Waals surface area (Å²) >= 11 is 0. The number of hydrogen-bond acceptors (Lipinski definition) is 4. The summed E-state index contributed by atoms with van der Waals surface area (Å²) in [6, 6.07) is 7.84. The van der Waals surface area contributed by atoms with Crippen LogP contribution in [-0.2, 0) is 24.8 Å². The number of piperidine rings is 1. The van der Waals surface area contributed by atoms with Crippen molar-refractivity contribution in [3.8, 4) is 0 Å². The van der Waals surface area contributed by atoms with Crippen LogP contribution in [0.2, 0.25) is 0 Å². The van der Waals surface area contributed by atoms with Gasteiger partial charge >= 0.3 is 0 Å². The second-order valence-electron chi connectivity index (χ2n) is 9.25. The average molecular weight is 436 g/mol. The summed E-state index contributed by atoms with van der Waals surface area (Å²) < 4.78 is 8.16. The van der Waals surface area contributed by atoms with E-state index in [-0.39, 0.29) is 23.5 Å². The molecule has 2 N–H and O–H groups in total. The van der Waals surface area contributed by atoms with Gasteiger partial charge in [-0.3, -0.25) is 14.3 Å². The summed E-state index contributed by atoms with van der Waals surface area (Å²) in [5, 5.41) is 8.50. The van der Waals surface area contributed by atoms with Crippen molar-refractivity contribution in [2.24, 2.45) is 7.05 Å². The van der Waals surface area contributed by atoms with Crippen molar-refractivity contribution in [3.63, 3.8) is 0 Å². The van der Waals surface area contributed by atoms with Crippen molar-refractivity contribution in [2.45, 2.75) is 51.4 Å². The van der Waals surface area contributed by atoms with Gasteiger partial charge in [-0.1, -0.05) is 6.07 Å². The molecule has 4 heterocycles. The van der Waals surface area contributed by atoms with Crippen LogP contribution in [0.3, 0.4) is 0 Å². The van der Waals surface area contributed by atoms with Crippen LogP contribution in [0.4, 0.5) is 0 Å². The van der Waals surface area contributed by atoms with E-state index in [1.165, 1.54) is 0 Å². The number of likely N-dealkylation sites (tertiary alicyclic amines) is 1. The van der Waals surface area contributed by atoms with Gasteiger partial charge in [0.2, 0.25) is 0 Å². The van der Waals surface area contributed by atoms with Crippen LogP contribution in [0, 0.1) is 0 Å². The van der Waals surface area contributed by atoms with Gasteiger partial charge in [-0.15, -0.1) is 0 Å². The van der Waals surface area contributed by atoms with Gasteiger partial charge in [-0.25, -0.2) is 0 Å². The van der Waals surface area contributed by atoms with E-state index in [0.717, 1.165) is 35.0 Å². The summed E-state index contributed by atoms with van der Waals surface area (Å²) in [5.74, 6) is -0.100. The van der Waals surface area contributed by atoms with Crippen LogP contribution in [0.1, 0.15) is 58.8 Å². The monoisotopic (exact) mass is 435 g/mol. The molecule has 3 aromatic rings. The lowest BCUT2D eigenvalue weighted by Crippen LogP contribution is -2.50. The molecule has 2 aliphatic heterocycles. The number of carbonyl (C=O) groups is 2. The van der Waals surface area contributed by atoms with Crippen LogP contribution in [0.15, 0.2) is 30.5 Å². The number of ether oxygens (including phenoxy) is 1. The lowest BCUT2D eigenvalue weighted by Gasteiger charge is -2.43. The predicted molar refractivity (Wildman–Crippen MR) is 120 cm³/mol. The molecule has 0 unspecified atom stereocenters. The molecule has 2 aromatic heterocycles. The smallest absolute Gasteiger partial charge is 0.272 e. The summed E-state index contributed by atoms with van der Waals surface area (Å²) in [7, 11) is 1.89. The molecule has 1 saturated heterocycles. The quantitative estimate of drug-likeness (QED) is 0.662. The molecule has 168 valence electrons. The molecule has 2 aliphatic rings. The van der Waals surface area contributed by atoms with Crippen molar-refractivity contribution >= 4 is 22.7 Å². The molecular weight excluding hydrogens is 406 g/mol. The number of hydrogen-bond donors (Lipinski definition) is 2. The molecule has 0 bridgehead atoms. The van der Waals surface area contributed by atoms with E-state index >= 15 is 0 Å². The van der Waals surface area contributed by atoms with Crippen LogP contribution >= 0.6 is 0 Å². The first-order valence-electron chi connectivity index (χ1n) is 11.2. The van der Waals surface area contributed by atoms with Gasteiger partial charge < -0.3 is 19.9 Å². The van der Waals surface area contributed by atoms with E-state index in [1.54, 1.807) is 0 Å². The number of aromatic nitrogens is 3. The molecule has 8 nitrogen and oxygen atoms in total. The summed E-state index contributed by atoms with van der Waals surface area (Å²) in [4.78, 5) is 30.7. The number of aromatic amines is 1. The first-order valence-corrected chi connectivity index (χ1v) is 11.2. The highest BCUT2D eigenvalue weighted by Gasteiger charge is 2.42. The fourth-order valence-corrected chi connectivity index (χ4v) is 4.87. The number of nitrogens with zero attached hydrogens (tertiary/aromatic N) is 3. The highest BCUT2D eigenvalue weighted by molar-refractivity contribution is 5.98. The second kappa shape index (κ2) is 7.78. The second-order valence-corrected chi connectivity index (χ2v) is 9.25. The van der Waals surface area contributed by atoms with Gasteiger partial charge in [0, 0.05) is 61.1 Å². The normalized spacial score (nSPS) is 17.7. The zero-order valence-corrected chi connectivity index (χ0v) is 18.8. The van der Waals surface area contributed by atoms with Gasteiger partial charge in [0.15, 0.2) is 5.69 Å². The molecule has 32 heavy (non-hydrogen) atoms. The molecule has 1 fully saturated rings.